The van der Waals surface area contributed by atoms with Crippen LogP contribution < -0.4 is 0 Å². The van der Waals surface area contributed by atoms with Crippen molar-refractivity contribution in [3.63, 3.8) is 0 Å². The molecule has 1 aliphatic rings. The molecule has 0 amide bonds. The Morgan fingerprint density at radius 2 is 1.79 bits per heavy atom. The molecule has 0 bridgehead atoms. The van der Waals surface area contributed by atoms with E-state index in [9.17, 15) is 8.42 Å². The largest absolute Gasteiger partial charge is 0.298 e. The number of hydrogen-bond acceptors (Lipinski definition) is 5. The van der Waals surface area contributed by atoms with Crippen molar-refractivity contribution in [2.24, 2.45) is 0 Å². The van der Waals surface area contributed by atoms with Crippen LogP contribution in [0.25, 0.3) is 11.3 Å². The monoisotopic (exact) mass is 393 g/mol. The maximum atomic E-state index is 11.6. The maximum absolute atomic E-state index is 11.6. The van der Waals surface area contributed by atoms with Gasteiger partial charge in [0.15, 0.2) is 9.84 Å². The van der Waals surface area contributed by atoms with Gasteiger partial charge in [-0.25, -0.2) is 8.42 Å². The van der Waals surface area contributed by atoms with Crippen LogP contribution in [0, 0.1) is 0 Å². The van der Waals surface area contributed by atoms with E-state index >= 15 is 0 Å². The van der Waals surface area contributed by atoms with Crippen LogP contribution in [0.15, 0.2) is 72.0 Å². The van der Waals surface area contributed by atoms with E-state index in [0.29, 0.717) is 10.8 Å². The molecule has 1 atom stereocenters. The SMILES string of the molecule is CS(=O)(=O)c1ccc(CN2CCC(c3ccnc(-c4ccncc4)c3)C2)cc1. The molecule has 1 aromatic carbocycles. The van der Waals surface area contributed by atoms with Crippen LogP contribution in [0.3, 0.4) is 0 Å². The van der Waals surface area contributed by atoms with Crippen LogP contribution in [0.2, 0.25) is 0 Å². The first-order valence-corrected chi connectivity index (χ1v) is 11.3. The van der Waals surface area contributed by atoms with Gasteiger partial charge in [0.2, 0.25) is 0 Å². The molecule has 1 unspecified atom stereocenters. The van der Waals surface area contributed by atoms with Crippen LogP contribution in [0.1, 0.15) is 23.5 Å². The Labute approximate surface area is 166 Å². The lowest BCUT2D eigenvalue weighted by Crippen LogP contribution is -2.19. The van der Waals surface area contributed by atoms with E-state index in [1.54, 1.807) is 24.5 Å². The highest BCUT2D eigenvalue weighted by atomic mass is 32.2. The summed E-state index contributed by atoms with van der Waals surface area (Å²) < 4.78 is 23.2. The summed E-state index contributed by atoms with van der Waals surface area (Å²) in [6, 6.07) is 15.5. The van der Waals surface area contributed by atoms with Crippen molar-refractivity contribution in [2.75, 3.05) is 19.3 Å². The second-order valence-electron chi connectivity index (χ2n) is 7.35. The molecular formula is C22H23N3O2S. The third-order valence-electron chi connectivity index (χ3n) is 5.26. The van der Waals surface area contributed by atoms with Gasteiger partial charge in [-0.15, -0.1) is 0 Å². The van der Waals surface area contributed by atoms with Crippen LogP contribution in [0.4, 0.5) is 0 Å². The molecule has 3 heterocycles. The van der Waals surface area contributed by atoms with Crippen LogP contribution in [-0.2, 0) is 16.4 Å². The van der Waals surface area contributed by atoms with Gasteiger partial charge in [0, 0.05) is 43.5 Å². The molecule has 1 aliphatic heterocycles. The fourth-order valence-electron chi connectivity index (χ4n) is 3.73. The highest BCUT2D eigenvalue weighted by Crippen LogP contribution is 2.30. The zero-order valence-corrected chi connectivity index (χ0v) is 16.6. The highest BCUT2D eigenvalue weighted by Gasteiger charge is 2.24. The number of rotatable bonds is 5. The number of pyridine rings is 2. The standard InChI is InChI=1S/C22H23N3O2S/c1-28(26,27)21-4-2-17(3-5-21)15-25-13-9-20(16-25)19-8-12-24-22(14-19)18-6-10-23-11-7-18/h2-8,10-12,14,20H,9,13,15-16H2,1H3. The van der Waals surface area contributed by atoms with Gasteiger partial charge in [-0.1, -0.05) is 12.1 Å². The molecule has 3 aromatic rings. The fourth-order valence-corrected chi connectivity index (χ4v) is 4.36. The van der Waals surface area contributed by atoms with Gasteiger partial charge < -0.3 is 0 Å². The Morgan fingerprint density at radius 3 is 2.50 bits per heavy atom. The van der Waals surface area contributed by atoms with E-state index in [-0.39, 0.29) is 0 Å². The topological polar surface area (TPSA) is 63.2 Å². The minimum atomic E-state index is -3.14. The smallest absolute Gasteiger partial charge is 0.175 e. The molecule has 5 nitrogen and oxygen atoms in total. The summed E-state index contributed by atoms with van der Waals surface area (Å²) in [5.41, 5.74) is 4.52. The minimum absolute atomic E-state index is 0.371. The second kappa shape index (κ2) is 7.81. The summed E-state index contributed by atoms with van der Waals surface area (Å²) in [4.78, 5) is 11.4. The molecule has 4 rings (SSSR count). The summed E-state index contributed by atoms with van der Waals surface area (Å²) in [5, 5.41) is 0. The Hall–Kier alpha value is -2.57. The quantitative estimate of drug-likeness (QED) is 0.663. The van der Waals surface area contributed by atoms with E-state index < -0.39 is 9.84 Å². The van der Waals surface area contributed by atoms with Crippen molar-refractivity contribution in [3.05, 3.63) is 78.2 Å². The number of likely N-dealkylation sites (tertiary alicyclic amines) is 1. The van der Waals surface area contributed by atoms with Gasteiger partial charge in [-0.05, 0) is 66.4 Å². The molecule has 1 saturated heterocycles. The van der Waals surface area contributed by atoms with Crippen molar-refractivity contribution in [3.8, 4) is 11.3 Å². The van der Waals surface area contributed by atoms with Gasteiger partial charge in [-0.2, -0.15) is 0 Å². The Bertz CT molecular complexity index is 1050. The van der Waals surface area contributed by atoms with Crippen molar-refractivity contribution < 1.29 is 8.42 Å². The molecule has 0 saturated carbocycles. The lowest BCUT2D eigenvalue weighted by atomic mass is 9.97. The Kier molecular flexibility index (Phi) is 5.24. The first-order chi connectivity index (χ1) is 13.5. The van der Waals surface area contributed by atoms with Crippen LogP contribution in [-0.4, -0.2) is 42.6 Å². The van der Waals surface area contributed by atoms with E-state index in [2.05, 4.69) is 27.0 Å². The molecule has 144 valence electrons. The molecule has 0 radical (unpaired) electrons. The molecule has 0 N–H and O–H groups in total. The predicted octanol–water partition coefficient (Wildman–Crippen LogP) is 3.54. The average Bonchev–Trinajstić information content (AvgIpc) is 3.17. The van der Waals surface area contributed by atoms with E-state index in [1.165, 1.54) is 11.8 Å². The summed E-state index contributed by atoms with van der Waals surface area (Å²) in [6.07, 6.45) is 7.81. The third-order valence-corrected chi connectivity index (χ3v) is 6.39. The number of aromatic nitrogens is 2. The molecule has 0 spiro atoms. The van der Waals surface area contributed by atoms with Gasteiger partial charge in [0.25, 0.3) is 0 Å². The normalized spacial score (nSPS) is 17.7. The second-order valence-corrected chi connectivity index (χ2v) is 9.36. The number of hydrogen-bond donors (Lipinski definition) is 0. The van der Waals surface area contributed by atoms with E-state index in [1.807, 2.05) is 30.5 Å². The molecule has 2 aromatic heterocycles. The van der Waals surface area contributed by atoms with Crippen LogP contribution in [0.5, 0.6) is 0 Å². The lowest BCUT2D eigenvalue weighted by Gasteiger charge is -2.17. The van der Waals surface area contributed by atoms with Gasteiger partial charge in [-0.3, -0.25) is 14.9 Å². The third kappa shape index (κ3) is 4.29. The molecule has 0 aliphatic carbocycles. The summed E-state index contributed by atoms with van der Waals surface area (Å²) in [6.45, 7) is 2.86. The summed E-state index contributed by atoms with van der Waals surface area (Å²) in [7, 11) is -3.14. The fraction of sp³-hybridized carbons (Fsp3) is 0.273. The number of nitrogens with zero attached hydrogens (tertiary/aromatic N) is 3. The van der Waals surface area contributed by atoms with Crippen molar-refractivity contribution >= 4 is 9.84 Å². The van der Waals surface area contributed by atoms with Gasteiger partial charge in [0.1, 0.15) is 0 Å². The number of benzene rings is 1. The molecular weight excluding hydrogens is 370 g/mol. The van der Waals surface area contributed by atoms with Crippen molar-refractivity contribution in [2.45, 2.75) is 23.8 Å². The van der Waals surface area contributed by atoms with Crippen molar-refractivity contribution in [1.82, 2.24) is 14.9 Å². The number of sulfone groups is 1. The van der Waals surface area contributed by atoms with Gasteiger partial charge in [0.05, 0.1) is 10.6 Å². The Balaban J connectivity index is 1.43. The maximum Gasteiger partial charge on any atom is 0.175 e. The Morgan fingerprint density at radius 1 is 1.04 bits per heavy atom. The summed E-state index contributed by atoms with van der Waals surface area (Å²) >= 11 is 0. The van der Waals surface area contributed by atoms with Crippen LogP contribution >= 0.6 is 0 Å². The van der Waals surface area contributed by atoms with E-state index in [4.69, 9.17) is 0 Å². The average molecular weight is 394 g/mol. The molecule has 1 fully saturated rings. The first-order valence-electron chi connectivity index (χ1n) is 9.37. The zero-order chi connectivity index (χ0) is 19.6. The van der Waals surface area contributed by atoms with Gasteiger partial charge >= 0.3 is 0 Å². The molecule has 28 heavy (non-hydrogen) atoms. The predicted molar refractivity (Wildman–Crippen MR) is 110 cm³/mol. The summed E-state index contributed by atoms with van der Waals surface area (Å²) in [5.74, 6) is 0.485. The highest BCUT2D eigenvalue weighted by molar-refractivity contribution is 7.90. The minimum Gasteiger partial charge on any atom is -0.298 e. The zero-order valence-electron chi connectivity index (χ0n) is 15.8. The first kappa shape index (κ1) is 18.8. The molecule has 6 heteroatoms. The lowest BCUT2D eigenvalue weighted by molar-refractivity contribution is 0.327. The van der Waals surface area contributed by atoms with Crippen molar-refractivity contribution in [1.29, 1.82) is 0 Å². The van der Waals surface area contributed by atoms with E-state index in [0.717, 1.165) is 42.9 Å².